The number of aryl methyl sites for hydroxylation is 1. The third-order valence-electron chi connectivity index (χ3n) is 4.80. The van der Waals surface area contributed by atoms with Crippen LogP contribution >= 0.6 is 0 Å². The highest BCUT2D eigenvalue weighted by Gasteiger charge is 2.26. The molecule has 0 fully saturated rings. The van der Waals surface area contributed by atoms with Gasteiger partial charge < -0.3 is 20.4 Å². The number of aliphatic hydroxyl groups is 1. The van der Waals surface area contributed by atoms with Crippen molar-refractivity contribution in [1.29, 1.82) is 0 Å². The normalized spacial score (nSPS) is 13.8. The summed E-state index contributed by atoms with van der Waals surface area (Å²) in [5.74, 6) is 0.349. The topological polar surface area (TPSA) is 80.9 Å². The summed E-state index contributed by atoms with van der Waals surface area (Å²) in [5, 5.41) is 40.9. The number of hydrogen-bond donors (Lipinski definition) is 4. The Morgan fingerprint density at radius 3 is 2.31 bits per heavy atom. The molecule has 0 heterocycles. The Bertz CT molecular complexity index is 763. The van der Waals surface area contributed by atoms with Gasteiger partial charge in [-0.3, -0.25) is 0 Å². The lowest BCUT2D eigenvalue weighted by Gasteiger charge is -2.25. The van der Waals surface area contributed by atoms with Gasteiger partial charge in [0.05, 0.1) is 5.60 Å². The van der Waals surface area contributed by atoms with E-state index in [0.717, 1.165) is 24.0 Å². The van der Waals surface area contributed by atoms with Crippen molar-refractivity contribution in [1.82, 2.24) is 0 Å². The molecule has 1 atom stereocenters. The number of benzene rings is 2. The summed E-state index contributed by atoms with van der Waals surface area (Å²) in [7, 11) is 0. The molecule has 26 heavy (non-hydrogen) atoms. The van der Waals surface area contributed by atoms with Crippen molar-refractivity contribution >= 4 is 0 Å². The van der Waals surface area contributed by atoms with Gasteiger partial charge in [-0.15, -0.1) is 0 Å². The smallest absolute Gasteiger partial charge is 0.161 e. The lowest BCUT2D eigenvalue weighted by atomic mass is 9.87. The van der Waals surface area contributed by atoms with E-state index in [9.17, 15) is 20.4 Å². The molecule has 142 valence electrons. The second-order valence-corrected chi connectivity index (χ2v) is 7.88. The van der Waals surface area contributed by atoms with E-state index in [-0.39, 0.29) is 17.2 Å². The Labute approximate surface area is 155 Å². The van der Waals surface area contributed by atoms with E-state index in [1.807, 2.05) is 19.1 Å². The van der Waals surface area contributed by atoms with Crippen LogP contribution in [0.1, 0.15) is 62.3 Å². The number of aromatic hydroxyl groups is 3. The predicted octanol–water partition coefficient (Wildman–Crippen LogP) is 4.74. The van der Waals surface area contributed by atoms with E-state index in [4.69, 9.17) is 0 Å². The van der Waals surface area contributed by atoms with Crippen molar-refractivity contribution in [2.75, 3.05) is 0 Å². The molecule has 2 aromatic carbocycles. The van der Waals surface area contributed by atoms with E-state index in [1.54, 1.807) is 19.1 Å². The largest absolute Gasteiger partial charge is 0.508 e. The molecule has 4 nitrogen and oxygen atoms in total. The number of rotatable bonds is 7. The quantitative estimate of drug-likeness (QED) is 0.539. The summed E-state index contributed by atoms with van der Waals surface area (Å²) in [6.07, 6.45) is 2.89. The maximum absolute atomic E-state index is 10.7. The first-order valence-electron chi connectivity index (χ1n) is 9.16. The molecule has 0 aromatic heterocycles. The lowest BCUT2D eigenvalue weighted by Crippen LogP contribution is -2.21. The van der Waals surface area contributed by atoms with Gasteiger partial charge in [0.2, 0.25) is 0 Å². The molecule has 0 spiro atoms. The van der Waals surface area contributed by atoms with Crippen LogP contribution in [0.15, 0.2) is 30.3 Å². The molecule has 2 rings (SSSR count). The summed E-state index contributed by atoms with van der Waals surface area (Å²) >= 11 is 0. The second-order valence-electron chi connectivity index (χ2n) is 7.88. The van der Waals surface area contributed by atoms with E-state index >= 15 is 0 Å². The van der Waals surface area contributed by atoms with E-state index in [2.05, 4.69) is 13.8 Å². The van der Waals surface area contributed by atoms with Crippen LogP contribution in [0.5, 0.6) is 17.2 Å². The van der Waals surface area contributed by atoms with Gasteiger partial charge >= 0.3 is 0 Å². The molecule has 0 amide bonds. The van der Waals surface area contributed by atoms with Crippen LogP contribution in [0.4, 0.5) is 0 Å². The van der Waals surface area contributed by atoms with Crippen molar-refractivity contribution in [3.63, 3.8) is 0 Å². The van der Waals surface area contributed by atoms with E-state index in [0.29, 0.717) is 29.9 Å². The Kier molecular flexibility index (Phi) is 6.19. The number of phenolic OH excluding ortho intramolecular Hbond substituents is 3. The predicted molar refractivity (Wildman–Crippen MR) is 104 cm³/mol. The van der Waals surface area contributed by atoms with Crippen molar-refractivity contribution < 1.29 is 20.4 Å². The van der Waals surface area contributed by atoms with Crippen LogP contribution < -0.4 is 0 Å². The molecule has 0 radical (unpaired) electrons. The SMILES string of the molecule is Cc1cc(O)c(O)c(Cc2ccc(C(C)(O)CCCC(C)C)c(O)c2)c1. The maximum Gasteiger partial charge on any atom is 0.161 e. The first-order chi connectivity index (χ1) is 12.1. The summed E-state index contributed by atoms with van der Waals surface area (Å²) in [6, 6.07) is 8.51. The Balaban J connectivity index is 2.19. The molecular weight excluding hydrogens is 328 g/mol. The number of hydrogen-bond acceptors (Lipinski definition) is 4. The van der Waals surface area contributed by atoms with Crippen LogP contribution in [-0.4, -0.2) is 20.4 Å². The summed E-state index contributed by atoms with van der Waals surface area (Å²) in [4.78, 5) is 0. The highest BCUT2D eigenvalue weighted by molar-refractivity contribution is 5.50. The van der Waals surface area contributed by atoms with Crippen LogP contribution in [0.2, 0.25) is 0 Å². The fourth-order valence-corrected chi connectivity index (χ4v) is 3.32. The zero-order chi connectivity index (χ0) is 19.5. The zero-order valence-electron chi connectivity index (χ0n) is 16.1. The van der Waals surface area contributed by atoms with Crippen LogP contribution in [0.3, 0.4) is 0 Å². The third kappa shape index (κ3) is 4.92. The molecule has 1 unspecified atom stereocenters. The van der Waals surface area contributed by atoms with Gasteiger partial charge in [0.1, 0.15) is 5.75 Å². The highest BCUT2D eigenvalue weighted by Crippen LogP contribution is 2.36. The van der Waals surface area contributed by atoms with Crippen molar-refractivity contribution in [3.8, 4) is 17.2 Å². The monoisotopic (exact) mass is 358 g/mol. The third-order valence-corrected chi connectivity index (χ3v) is 4.80. The fourth-order valence-electron chi connectivity index (χ4n) is 3.32. The molecule has 0 saturated heterocycles. The molecule has 2 aromatic rings. The molecule has 4 N–H and O–H groups in total. The molecular formula is C22H30O4. The molecule has 0 aliphatic heterocycles. The van der Waals surface area contributed by atoms with Crippen molar-refractivity contribution in [2.24, 2.45) is 5.92 Å². The van der Waals surface area contributed by atoms with Crippen LogP contribution in [0.25, 0.3) is 0 Å². The first-order valence-corrected chi connectivity index (χ1v) is 9.16. The summed E-state index contributed by atoms with van der Waals surface area (Å²) in [6.45, 7) is 7.88. The highest BCUT2D eigenvalue weighted by atomic mass is 16.3. The van der Waals surface area contributed by atoms with Crippen LogP contribution in [0, 0.1) is 12.8 Å². The molecule has 0 aliphatic rings. The van der Waals surface area contributed by atoms with Crippen LogP contribution in [-0.2, 0) is 12.0 Å². The Morgan fingerprint density at radius 2 is 1.69 bits per heavy atom. The van der Waals surface area contributed by atoms with Gasteiger partial charge in [-0.1, -0.05) is 38.5 Å². The fraction of sp³-hybridized carbons (Fsp3) is 0.455. The van der Waals surface area contributed by atoms with E-state index < -0.39 is 5.60 Å². The minimum absolute atomic E-state index is 0.0495. The molecule has 4 heteroatoms. The zero-order valence-corrected chi connectivity index (χ0v) is 16.1. The van der Waals surface area contributed by atoms with E-state index in [1.165, 1.54) is 6.07 Å². The first kappa shape index (κ1) is 20.1. The average Bonchev–Trinajstić information content (AvgIpc) is 2.51. The Morgan fingerprint density at radius 1 is 1.00 bits per heavy atom. The van der Waals surface area contributed by atoms with Crippen molar-refractivity contribution in [3.05, 3.63) is 52.6 Å². The van der Waals surface area contributed by atoms with Gasteiger partial charge in [-0.05, 0) is 55.9 Å². The molecule has 0 saturated carbocycles. The minimum Gasteiger partial charge on any atom is -0.508 e. The average molecular weight is 358 g/mol. The standard InChI is InChI=1S/C22H30O4/c1-14(2)6-5-9-22(4,26)18-8-7-16(13-19(18)23)12-17-10-15(3)11-20(24)21(17)25/h7-8,10-11,13-14,23-26H,5-6,9,12H2,1-4H3. The second kappa shape index (κ2) is 8.00. The van der Waals surface area contributed by atoms with Crippen molar-refractivity contribution in [2.45, 2.75) is 59.0 Å². The van der Waals surface area contributed by atoms with Gasteiger partial charge in [-0.25, -0.2) is 0 Å². The van der Waals surface area contributed by atoms with Gasteiger partial charge in [0, 0.05) is 17.5 Å². The lowest BCUT2D eigenvalue weighted by molar-refractivity contribution is 0.0417. The molecule has 0 aliphatic carbocycles. The van der Waals surface area contributed by atoms with Gasteiger partial charge in [0.15, 0.2) is 11.5 Å². The van der Waals surface area contributed by atoms with Gasteiger partial charge in [0.25, 0.3) is 0 Å². The maximum atomic E-state index is 10.7. The number of phenols is 3. The Hall–Kier alpha value is -2.20. The summed E-state index contributed by atoms with van der Waals surface area (Å²) < 4.78 is 0. The minimum atomic E-state index is -1.08. The van der Waals surface area contributed by atoms with Gasteiger partial charge in [-0.2, -0.15) is 0 Å². The molecule has 0 bridgehead atoms. The summed E-state index contributed by atoms with van der Waals surface area (Å²) in [5.41, 5.74) is 1.68.